The van der Waals surface area contributed by atoms with Crippen molar-refractivity contribution in [2.45, 2.75) is 39.7 Å². The summed E-state index contributed by atoms with van der Waals surface area (Å²) in [5.74, 6) is 1.00. The van der Waals surface area contributed by atoms with Gasteiger partial charge in [-0.1, -0.05) is 56.0 Å². The molecule has 0 unspecified atom stereocenters. The number of aromatic nitrogens is 1. The Morgan fingerprint density at radius 1 is 0.975 bits per heavy atom. The number of nitrogens with zero attached hydrogens (tertiary/aromatic N) is 2. The second-order valence-electron chi connectivity index (χ2n) is 9.59. The molecule has 1 aliphatic heterocycles. The third-order valence-corrected chi connectivity index (χ3v) is 6.86. The zero-order valence-corrected chi connectivity index (χ0v) is 21.7. The second-order valence-corrected chi connectivity index (χ2v) is 9.59. The van der Waals surface area contributed by atoms with Gasteiger partial charge in [-0.05, 0) is 61.7 Å². The molecule has 40 heavy (non-hydrogen) atoms. The molecule has 1 amide bonds. The van der Waals surface area contributed by atoms with Crippen LogP contribution in [0.4, 0.5) is 4.79 Å². The van der Waals surface area contributed by atoms with E-state index in [1.165, 1.54) is 4.90 Å². The molecule has 8 nitrogen and oxygen atoms in total. The van der Waals surface area contributed by atoms with Gasteiger partial charge in [0.05, 0.1) is 18.2 Å². The van der Waals surface area contributed by atoms with Gasteiger partial charge in [-0.15, -0.1) is 0 Å². The molecule has 1 aliphatic rings. The van der Waals surface area contributed by atoms with Gasteiger partial charge >= 0.3 is 12.1 Å². The first-order valence-corrected chi connectivity index (χ1v) is 13.0. The quantitative estimate of drug-likeness (QED) is 0.260. The van der Waals surface area contributed by atoms with Crippen molar-refractivity contribution < 1.29 is 28.6 Å². The van der Waals surface area contributed by atoms with Crippen molar-refractivity contribution in [3.05, 3.63) is 102 Å². The smallest absolute Gasteiger partial charge is 0.415 e. The standard InChI is InChI=1S/C31H30N2O6.CH4/c1-21-28(32-29(38-21)23-8-4-2-5-9-23)16-17-37-26-14-12-22(13-15-26)18-25-19-24(30(34)35)20-33(25)31(36)39-27-10-6-3-7-11-27;/h2-15,24-25H,16-20H2,1H3,(H,34,35);1H4/t24-,25-;/m1./s1. The summed E-state index contributed by atoms with van der Waals surface area (Å²) in [6.45, 7) is 2.48. The maximum atomic E-state index is 12.9. The number of carbonyl (C=O) groups excluding carboxylic acids is 1. The number of rotatable bonds is 9. The number of hydrogen-bond acceptors (Lipinski definition) is 6. The number of carbonyl (C=O) groups is 2. The maximum Gasteiger partial charge on any atom is 0.415 e. The molecule has 3 aromatic carbocycles. The topological polar surface area (TPSA) is 102 Å². The van der Waals surface area contributed by atoms with Crippen molar-refractivity contribution in [3.8, 4) is 23.0 Å². The van der Waals surface area contributed by atoms with E-state index in [-0.39, 0.29) is 20.0 Å². The Bertz CT molecular complexity index is 1400. The molecule has 208 valence electrons. The fourth-order valence-corrected chi connectivity index (χ4v) is 4.78. The summed E-state index contributed by atoms with van der Waals surface area (Å²) in [4.78, 5) is 30.7. The van der Waals surface area contributed by atoms with Crippen LogP contribution in [0.1, 0.15) is 30.9 Å². The minimum absolute atomic E-state index is 0. The lowest BCUT2D eigenvalue weighted by atomic mass is 10.00. The zero-order chi connectivity index (χ0) is 27.2. The van der Waals surface area contributed by atoms with Gasteiger partial charge in [-0.2, -0.15) is 0 Å². The average molecular weight is 543 g/mol. The van der Waals surface area contributed by atoms with Crippen molar-refractivity contribution in [2.75, 3.05) is 13.2 Å². The van der Waals surface area contributed by atoms with Crippen LogP contribution in [0.25, 0.3) is 11.5 Å². The number of carboxylic acid groups (broad SMARTS) is 1. The summed E-state index contributed by atoms with van der Waals surface area (Å²) in [7, 11) is 0. The number of benzene rings is 3. The first-order chi connectivity index (χ1) is 19.0. The highest BCUT2D eigenvalue weighted by atomic mass is 16.6. The van der Waals surface area contributed by atoms with Crippen LogP contribution in [0.15, 0.2) is 89.3 Å². The van der Waals surface area contributed by atoms with Gasteiger partial charge < -0.3 is 23.9 Å². The molecule has 0 bridgehead atoms. The largest absolute Gasteiger partial charge is 0.493 e. The van der Waals surface area contributed by atoms with Gasteiger partial charge in [0.15, 0.2) is 0 Å². The minimum atomic E-state index is -0.906. The lowest BCUT2D eigenvalue weighted by Gasteiger charge is -2.24. The highest BCUT2D eigenvalue weighted by Crippen LogP contribution is 2.28. The van der Waals surface area contributed by atoms with E-state index in [2.05, 4.69) is 4.98 Å². The molecular formula is C32H34N2O6. The summed E-state index contributed by atoms with van der Waals surface area (Å²) >= 11 is 0. The third-order valence-electron chi connectivity index (χ3n) is 6.86. The molecule has 5 rings (SSSR count). The van der Waals surface area contributed by atoms with E-state index in [0.717, 1.165) is 28.3 Å². The van der Waals surface area contributed by atoms with E-state index in [0.29, 0.717) is 37.5 Å². The Morgan fingerprint density at radius 3 is 2.33 bits per heavy atom. The van der Waals surface area contributed by atoms with Crippen molar-refractivity contribution in [3.63, 3.8) is 0 Å². The molecule has 0 aliphatic carbocycles. The Balaban J connectivity index is 0.00000370. The van der Waals surface area contributed by atoms with Crippen LogP contribution in [0.3, 0.4) is 0 Å². The molecule has 2 heterocycles. The third kappa shape index (κ3) is 6.88. The van der Waals surface area contributed by atoms with E-state index in [4.69, 9.17) is 13.9 Å². The number of para-hydroxylation sites is 1. The number of aliphatic carboxylic acids is 1. The van der Waals surface area contributed by atoms with Gasteiger partial charge in [-0.25, -0.2) is 9.78 Å². The lowest BCUT2D eigenvalue weighted by molar-refractivity contribution is -0.141. The Morgan fingerprint density at radius 2 is 1.65 bits per heavy atom. The Labute approximate surface area is 234 Å². The molecule has 1 saturated heterocycles. The van der Waals surface area contributed by atoms with Gasteiger partial charge in [0.1, 0.15) is 17.3 Å². The number of oxazole rings is 1. The van der Waals surface area contributed by atoms with E-state index in [1.54, 1.807) is 24.3 Å². The minimum Gasteiger partial charge on any atom is -0.493 e. The van der Waals surface area contributed by atoms with E-state index < -0.39 is 18.0 Å². The monoisotopic (exact) mass is 542 g/mol. The molecule has 0 saturated carbocycles. The molecule has 4 aromatic rings. The van der Waals surface area contributed by atoms with E-state index in [1.807, 2.05) is 67.6 Å². The van der Waals surface area contributed by atoms with Crippen LogP contribution < -0.4 is 9.47 Å². The average Bonchev–Trinajstić information content (AvgIpc) is 3.54. The SMILES string of the molecule is C.Cc1oc(-c2ccccc2)nc1CCOc1ccc(C[C@@H]2C[C@@H](C(=O)O)CN2C(=O)Oc2ccccc2)cc1. The van der Waals surface area contributed by atoms with Crippen LogP contribution >= 0.6 is 0 Å². The first-order valence-electron chi connectivity index (χ1n) is 13.0. The van der Waals surface area contributed by atoms with Gasteiger partial charge in [-0.3, -0.25) is 4.79 Å². The first kappa shape index (κ1) is 28.4. The fourth-order valence-electron chi connectivity index (χ4n) is 4.78. The summed E-state index contributed by atoms with van der Waals surface area (Å²) in [5.41, 5.74) is 2.78. The molecule has 1 N–H and O–H groups in total. The molecule has 0 radical (unpaired) electrons. The normalized spacial score (nSPS) is 16.3. The highest BCUT2D eigenvalue weighted by Gasteiger charge is 2.39. The molecule has 8 heteroatoms. The summed E-state index contributed by atoms with van der Waals surface area (Å²) in [6.07, 6.45) is 0.975. The van der Waals surface area contributed by atoms with E-state index >= 15 is 0 Å². The predicted octanol–water partition coefficient (Wildman–Crippen LogP) is 6.42. The number of likely N-dealkylation sites (tertiary alicyclic amines) is 1. The van der Waals surface area contributed by atoms with Gasteiger partial charge in [0.25, 0.3) is 0 Å². The summed E-state index contributed by atoms with van der Waals surface area (Å²) in [6, 6.07) is 26.0. The van der Waals surface area contributed by atoms with Crippen molar-refractivity contribution in [1.29, 1.82) is 0 Å². The lowest BCUT2D eigenvalue weighted by Crippen LogP contribution is -2.39. The fraction of sp³-hybridized carbons (Fsp3) is 0.281. The van der Waals surface area contributed by atoms with Crippen molar-refractivity contribution >= 4 is 12.1 Å². The highest BCUT2D eigenvalue weighted by molar-refractivity contribution is 5.76. The van der Waals surface area contributed by atoms with E-state index in [9.17, 15) is 14.7 Å². The zero-order valence-electron chi connectivity index (χ0n) is 21.7. The molecular weight excluding hydrogens is 508 g/mol. The Kier molecular flexibility index (Phi) is 9.22. The van der Waals surface area contributed by atoms with Crippen molar-refractivity contribution in [1.82, 2.24) is 9.88 Å². The molecule has 1 fully saturated rings. The van der Waals surface area contributed by atoms with Gasteiger partial charge in [0.2, 0.25) is 5.89 Å². The number of ether oxygens (including phenoxy) is 2. The number of aryl methyl sites for hydroxylation is 1. The van der Waals surface area contributed by atoms with Crippen LogP contribution in [0.2, 0.25) is 0 Å². The van der Waals surface area contributed by atoms with Crippen LogP contribution in [-0.4, -0.2) is 46.2 Å². The Hall–Kier alpha value is -4.59. The molecule has 1 aromatic heterocycles. The van der Waals surface area contributed by atoms with Crippen LogP contribution in [0, 0.1) is 12.8 Å². The second kappa shape index (κ2) is 13.0. The number of amides is 1. The number of carboxylic acids is 1. The van der Waals surface area contributed by atoms with Gasteiger partial charge in [0, 0.05) is 24.6 Å². The molecule has 2 atom stereocenters. The molecule has 0 spiro atoms. The summed E-state index contributed by atoms with van der Waals surface area (Å²) < 4.78 is 17.2. The maximum absolute atomic E-state index is 12.9. The van der Waals surface area contributed by atoms with Crippen LogP contribution in [0.5, 0.6) is 11.5 Å². The van der Waals surface area contributed by atoms with Crippen LogP contribution in [-0.2, 0) is 17.6 Å². The number of hydrogen-bond donors (Lipinski definition) is 1. The summed E-state index contributed by atoms with van der Waals surface area (Å²) in [5, 5.41) is 9.56. The van der Waals surface area contributed by atoms with Crippen molar-refractivity contribution in [2.24, 2.45) is 5.92 Å². The predicted molar refractivity (Wildman–Crippen MR) is 151 cm³/mol.